The molecule has 0 saturated carbocycles. The first-order chi connectivity index (χ1) is 14.4. The summed E-state index contributed by atoms with van der Waals surface area (Å²) in [5.41, 5.74) is 1.34. The van der Waals surface area contributed by atoms with Crippen LogP contribution >= 0.6 is 11.6 Å². The summed E-state index contributed by atoms with van der Waals surface area (Å²) >= 11 is 6.08. The van der Waals surface area contributed by atoms with Gasteiger partial charge in [0.2, 0.25) is 5.91 Å². The number of ether oxygens (including phenoxy) is 2. The van der Waals surface area contributed by atoms with Crippen LogP contribution in [0.1, 0.15) is 48.7 Å². The van der Waals surface area contributed by atoms with Gasteiger partial charge in [0.1, 0.15) is 17.5 Å². The van der Waals surface area contributed by atoms with E-state index in [0.29, 0.717) is 35.9 Å². The minimum atomic E-state index is -0.522. The molecule has 2 aromatic carbocycles. The Balaban J connectivity index is 1.71. The Bertz CT molecular complexity index is 901. The van der Waals surface area contributed by atoms with E-state index in [9.17, 15) is 9.59 Å². The third kappa shape index (κ3) is 4.87. The number of benzene rings is 2. The number of nitrogens with zero attached hydrogens (tertiary/aromatic N) is 1. The van der Waals surface area contributed by atoms with E-state index in [1.807, 2.05) is 38.1 Å². The second kappa shape index (κ2) is 9.85. The van der Waals surface area contributed by atoms with E-state index in [-0.39, 0.29) is 17.9 Å². The van der Waals surface area contributed by atoms with E-state index in [2.05, 4.69) is 5.32 Å². The fourth-order valence-electron chi connectivity index (χ4n) is 3.70. The van der Waals surface area contributed by atoms with Crippen LogP contribution in [0.3, 0.4) is 0 Å². The average molecular weight is 431 g/mol. The third-order valence-electron chi connectivity index (χ3n) is 5.26. The molecule has 0 aromatic heterocycles. The molecule has 1 N–H and O–H groups in total. The van der Waals surface area contributed by atoms with Gasteiger partial charge in [-0.15, -0.1) is 0 Å². The van der Waals surface area contributed by atoms with Gasteiger partial charge in [-0.1, -0.05) is 23.7 Å². The van der Waals surface area contributed by atoms with Gasteiger partial charge in [-0.25, -0.2) is 0 Å². The first-order valence-corrected chi connectivity index (χ1v) is 10.5. The Morgan fingerprint density at radius 2 is 1.97 bits per heavy atom. The van der Waals surface area contributed by atoms with Gasteiger partial charge in [0.15, 0.2) is 0 Å². The molecule has 0 aliphatic carbocycles. The first-order valence-electron chi connectivity index (χ1n) is 10.1. The van der Waals surface area contributed by atoms with Crippen molar-refractivity contribution in [1.29, 1.82) is 0 Å². The molecule has 160 valence electrons. The number of carbonyl (C=O) groups excluding carboxylic acids is 2. The van der Waals surface area contributed by atoms with Gasteiger partial charge in [0, 0.05) is 11.6 Å². The molecule has 0 bridgehead atoms. The lowest BCUT2D eigenvalue weighted by Crippen LogP contribution is -2.46. The van der Waals surface area contributed by atoms with Crippen LogP contribution in [0, 0.1) is 0 Å². The lowest BCUT2D eigenvalue weighted by molar-refractivity contribution is -0.125. The molecule has 6 nitrogen and oxygen atoms in total. The third-order valence-corrected chi connectivity index (χ3v) is 5.49. The minimum absolute atomic E-state index is 0.164. The van der Waals surface area contributed by atoms with Gasteiger partial charge in [0.05, 0.1) is 25.3 Å². The zero-order chi connectivity index (χ0) is 21.7. The van der Waals surface area contributed by atoms with E-state index < -0.39 is 6.04 Å². The Hall–Kier alpha value is -2.73. The summed E-state index contributed by atoms with van der Waals surface area (Å²) in [7, 11) is 1.51. The minimum Gasteiger partial charge on any atom is -0.496 e. The van der Waals surface area contributed by atoms with E-state index in [1.165, 1.54) is 7.11 Å². The molecular weight excluding hydrogens is 404 g/mol. The van der Waals surface area contributed by atoms with Crippen molar-refractivity contribution >= 4 is 23.4 Å². The maximum atomic E-state index is 13.1. The number of carbonyl (C=O) groups is 2. The van der Waals surface area contributed by atoms with Crippen LogP contribution in [0.15, 0.2) is 42.5 Å². The van der Waals surface area contributed by atoms with Crippen molar-refractivity contribution in [1.82, 2.24) is 10.2 Å². The van der Waals surface area contributed by atoms with Crippen LogP contribution in [0.25, 0.3) is 0 Å². The standard InChI is InChI=1S/C23H27ClN2O4/c1-4-30-18-10-7-16(8-11-18)15(2)25-22(27)20-6-5-13-26(20)23(28)19-14-17(24)9-12-21(19)29-3/h7-12,14-15,20H,4-6,13H2,1-3H3,(H,25,27). The maximum Gasteiger partial charge on any atom is 0.258 e. The molecule has 1 fully saturated rings. The highest BCUT2D eigenvalue weighted by Crippen LogP contribution is 2.28. The van der Waals surface area contributed by atoms with Crippen molar-refractivity contribution in [2.75, 3.05) is 20.3 Å². The normalized spacial score (nSPS) is 16.8. The van der Waals surface area contributed by atoms with Crippen molar-refractivity contribution in [3.63, 3.8) is 0 Å². The molecule has 1 aliphatic rings. The predicted molar refractivity (Wildman–Crippen MR) is 116 cm³/mol. The Kier molecular flexibility index (Phi) is 7.21. The fraction of sp³-hybridized carbons (Fsp3) is 0.391. The highest BCUT2D eigenvalue weighted by molar-refractivity contribution is 6.31. The van der Waals surface area contributed by atoms with E-state index in [1.54, 1.807) is 23.1 Å². The predicted octanol–water partition coefficient (Wildman–Crippen LogP) is 4.23. The molecule has 2 amide bonds. The van der Waals surface area contributed by atoms with Crippen LogP contribution in [0.4, 0.5) is 0 Å². The van der Waals surface area contributed by atoms with Gasteiger partial charge >= 0.3 is 0 Å². The topological polar surface area (TPSA) is 67.9 Å². The molecule has 1 aliphatic heterocycles. The van der Waals surface area contributed by atoms with Crippen LogP contribution < -0.4 is 14.8 Å². The highest BCUT2D eigenvalue weighted by Gasteiger charge is 2.36. The van der Waals surface area contributed by atoms with Crippen LogP contribution in [-0.2, 0) is 4.79 Å². The van der Waals surface area contributed by atoms with Gasteiger partial charge in [-0.2, -0.15) is 0 Å². The SMILES string of the molecule is CCOc1ccc(C(C)NC(=O)C2CCCN2C(=O)c2cc(Cl)ccc2OC)cc1. The molecule has 3 rings (SSSR count). The van der Waals surface area contributed by atoms with E-state index in [4.69, 9.17) is 21.1 Å². The molecule has 1 heterocycles. The molecule has 0 spiro atoms. The van der Waals surface area contributed by atoms with Crippen LogP contribution in [0.2, 0.25) is 5.02 Å². The molecule has 30 heavy (non-hydrogen) atoms. The number of halogens is 1. The number of methoxy groups -OCH3 is 1. The number of rotatable bonds is 7. The summed E-state index contributed by atoms with van der Waals surface area (Å²) in [5.74, 6) is 0.824. The lowest BCUT2D eigenvalue weighted by Gasteiger charge is -2.26. The smallest absolute Gasteiger partial charge is 0.258 e. The zero-order valence-electron chi connectivity index (χ0n) is 17.5. The number of likely N-dealkylation sites (tertiary alicyclic amines) is 1. The summed E-state index contributed by atoms with van der Waals surface area (Å²) in [6.45, 7) is 4.98. The molecule has 2 atom stereocenters. The zero-order valence-corrected chi connectivity index (χ0v) is 18.2. The largest absolute Gasteiger partial charge is 0.496 e. The van der Waals surface area contributed by atoms with Crippen molar-refractivity contribution in [2.45, 2.75) is 38.8 Å². The summed E-state index contributed by atoms with van der Waals surface area (Å²) in [6, 6.07) is 11.8. The molecule has 2 unspecified atom stereocenters. The molecule has 1 saturated heterocycles. The summed E-state index contributed by atoms with van der Waals surface area (Å²) in [6.07, 6.45) is 1.39. The summed E-state index contributed by atoms with van der Waals surface area (Å²) < 4.78 is 10.8. The number of hydrogen-bond donors (Lipinski definition) is 1. The van der Waals surface area contributed by atoms with Gasteiger partial charge in [-0.05, 0) is 62.6 Å². The molecule has 2 aromatic rings. The summed E-state index contributed by atoms with van der Waals surface area (Å²) in [5, 5.41) is 3.48. The van der Waals surface area contributed by atoms with E-state index in [0.717, 1.165) is 17.7 Å². The molecular formula is C23H27ClN2O4. The van der Waals surface area contributed by atoms with Gasteiger partial charge in [0.25, 0.3) is 5.91 Å². The quantitative estimate of drug-likeness (QED) is 0.713. The van der Waals surface area contributed by atoms with E-state index >= 15 is 0 Å². The van der Waals surface area contributed by atoms with Crippen LogP contribution in [0.5, 0.6) is 11.5 Å². The average Bonchev–Trinajstić information content (AvgIpc) is 3.24. The molecule has 7 heteroatoms. The fourth-order valence-corrected chi connectivity index (χ4v) is 3.87. The van der Waals surface area contributed by atoms with Gasteiger partial charge in [-0.3, -0.25) is 9.59 Å². The Morgan fingerprint density at radius 1 is 1.23 bits per heavy atom. The molecule has 0 radical (unpaired) electrons. The van der Waals surface area contributed by atoms with Crippen molar-refractivity contribution in [2.24, 2.45) is 0 Å². The van der Waals surface area contributed by atoms with Crippen molar-refractivity contribution in [3.8, 4) is 11.5 Å². The second-order valence-electron chi connectivity index (χ2n) is 7.23. The highest BCUT2D eigenvalue weighted by atomic mass is 35.5. The first kappa shape index (κ1) is 22.0. The maximum absolute atomic E-state index is 13.1. The number of hydrogen-bond acceptors (Lipinski definition) is 4. The van der Waals surface area contributed by atoms with Crippen LogP contribution in [-0.4, -0.2) is 43.0 Å². The number of nitrogens with one attached hydrogen (secondary N) is 1. The Labute approximate surface area is 182 Å². The Morgan fingerprint density at radius 3 is 2.63 bits per heavy atom. The lowest BCUT2D eigenvalue weighted by atomic mass is 10.1. The second-order valence-corrected chi connectivity index (χ2v) is 7.67. The monoisotopic (exact) mass is 430 g/mol. The summed E-state index contributed by atoms with van der Waals surface area (Å²) in [4.78, 5) is 27.7. The van der Waals surface area contributed by atoms with Crippen molar-refractivity contribution < 1.29 is 19.1 Å². The van der Waals surface area contributed by atoms with Crippen molar-refractivity contribution in [3.05, 3.63) is 58.6 Å². The number of amides is 2. The van der Waals surface area contributed by atoms with Gasteiger partial charge < -0.3 is 19.7 Å².